The quantitative estimate of drug-likeness (QED) is 0.777. The van der Waals surface area contributed by atoms with Crippen LogP contribution in [0.4, 0.5) is 4.79 Å². The third-order valence-electron chi connectivity index (χ3n) is 3.84. The molecule has 3 unspecified atom stereocenters. The minimum Gasteiger partial charge on any atom is -0.481 e. The van der Waals surface area contributed by atoms with Crippen molar-refractivity contribution in [3.8, 4) is 0 Å². The van der Waals surface area contributed by atoms with Gasteiger partial charge in [-0.1, -0.05) is 19.8 Å². The Labute approximate surface area is 128 Å². The summed E-state index contributed by atoms with van der Waals surface area (Å²) in [6, 6.07) is -0.567. The molecule has 0 aromatic carbocycles. The van der Waals surface area contributed by atoms with Crippen molar-refractivity contribution in [2.24, 2.45) is 5.92 Å². The number of nitrogens with zero attached hydrogens (tertiary/aromatic N) is 1. The van der Waals surface area contributed by atoms with Crippen LogP contribution in [-0.4, -0.2) is 34.7 Å². The molecule has 1 heterocycles. The molecule has 0 radical (unpaired) electrons. The first-order valence-electron chi connectivity index (χ1n) is 7.24. The lowest BCUT2D eigenvalue weighted by Gasteiger charge is -2.29. The molecule has 6 nitrogen and oxygen atoms in total. The van der Waals surface area contributed by atoms with Gasteiger partial charge in [0.2, 0.25) is 0 Å². The van der Waals surface area contributed by atoms with Crippen LogP contribution in [0.1, 0.15) is 43.5 Å². The summed E-state index contributed by atoms with van der Waals surface area (Å²) in [5.41, 5.74) is 0. The molecule has 2 amide bonds. The SMILES string of the molecule is CC(CNC(=O)NC1CCCCC1C(=O)O)c1nccs1. The summed E-state index contributed by atoms with van der Waals surface area (Å²) in [4.78, 5) is 27.3. The van der Waals surface area contributed by atoms with Crippen LogP contribution >= 0.6 is 11.3 Å². The standard InChI is InChI=1S/C14H21N3O3S/c1-9(12-15-6-7-21-12)8-16-14(20)17-11-5-3-2-4-10(11)13(18)19/h6-7,9-11H,2-5,8H2,1H3,(H,18,19)(H2,16,17,20). The monoisotopic (exact) mass is 311 g/mol. The highest BCUT2D eigenvalue weighted by Crippen LogP contribution is 2.24. The van der Waals surface area contributed by atoms with E-state index >= 15 is 0 Å². The second kappa shape index (κ2) is 7.40. The number of carboxylic acid groups (broad SMARTS) is 1. The molecule has 0 bridgehead atoms. The zero-order chi connectivity index (χ0) is 15.2. The van der Waals surface area contributed by atoms with Gasteiger partial charge in [0.15, 0.2) is 0 Å². The number of aromatic nitrogens is 1. The number of amides is 2. The second-order valence-corrected chi connectivity index (χ2v) is 6.39. The molecule has 3 atom stereocenters. The van der Waals surface area contributed by atoms with Crippen molar-refractivity contribution < 1.29 is 14.7 Å². The van der Waals surface area contributed by atoms with Gasteiger partial charge in [-0.25, -0.2) is 9.78 Å². The molecule has 0 spiro atoms. The highest BCUT2D eigenvalue weighted by molar-refractivity contribution is 7.09. The lowest BCUT2D eigenvalue weighted by Crippen LogP contribution is -2.49. The number of thiazole rings is 1. The summed E-state index contributed by atoms with van der Waals surface area (Å²) in [5.74, 6) is -1.14. The number of rotatable bonds is 5. The molecule has 3 N–H and O–H groups in total. The molecule has 2 rings (SSSR count). The third-order valence-corrected chi connectivity index (χ3v) is 4.85. The largest absolute Gasteiger partial charge is 0.481 e. The van der Waals surface area contributed by atoms with E-state index in [0.29, 0.717) is 13.0 Å². The van der Waals surface area contributed by atoms with E-state index in [1.807, 2.05) is 12.3 Å². The summed E-state index contributed by atoms with van der Waals surface area (Å²) in [6.07, 6.45) is 4.99. The van der Waals surface area contributed by atoms with Crippen LogP contribution in [0.2, 0.25) is 0 Å². The number of carbonyl (C=O) groups is 2. The Morgan fingerprint density at radius 3 is 2.90 bits per heavy atom. The van der Waals surface area contributed by atoms with Crippen molar-refractivity contribution >= 4 is 23.3 Å². The van der Waals surface area contributed by atoms with Gasteiger partial charge < -0.3 is 15.7 Å². The molecule has 21 heavy (non-hydrogen) atoms. The molecular weight excluding hydrogens is 290 g/mol. The Hall–Kier alpha value is -1.63. The smallest absolute Gasteiger partial charge is 0.315 e. The summed E-state index contributed by atoms with van der Waals surface area (Å²) < 4.78 is 0. The van der Waals surface area contributed by atoms with Crippen LogP contribution in [0.15, 0.2) is 11.6 Å². The van der Waals surface area contributed by atoms with E-state index in [-0.39, 0.29) is 18.0 Å². The molecule has 1 aromatic rings. The maximum absolute atomic E-state index is 11.9. The molecule has 1 aliphatic rings. The summed E-state index contributed by atoms with van der Waals surface area (Å²) in [6.45, 7) is 2.49. The van der Waals surface area contributed by atoms with Crippen molar-refractivity contribution in [2.75, 3.05) is 6.54 Å². The molecule has 0 aliphatic heterocycles. The minimum atomic E-state index is -0.823. The Morgan fingerprint density at radius 1 is 1.48 bits per heavy atom. The predicted molar refractivity (Wildman–Crippen MR) is 80.4 cm³/mol. The Kier molecular flexibility index (Phi) is 5.55. The van der Waals surface area contributed by atoms with Gasteiger partial charge in [-0.15, -0.1) is 11.3 Å². The number of aliphatic carboxylic acids is 1. The van der Waals surface area contributed by atoms with Crippen LogP contribution in [-0.2, 0) is 4.79 Å². The maximum atomic E-state index is 11.9. The Balaban J connectivity index is 1.79. The van der Waals surface area contributed by atoms with Gasteiger partial charge in [-0.3, -0.25) is 4.79 Å². The van der Waals surface area contributed by atoms with Crippen molar-refractivity contribution in [1.82, 2.24) is 15.6 Å². The normalized spacial score (nSPS) is 23.3. The topological polar surface area (TPSA) is 91.3 Å². The van der Waals surface area contributed by atoms with E-state index in [4.69, 9.17) is 0 Å². The van der Waals surface area contributed by atoms with E-state index in [1.165, 1.54) is 0 Å². The van der Waals surface area contributed by atoms with Gasteiger partial charge in [0.25, 0.3) is 0 Å². The van der Waals surface area contributed by atoms with Crippen molar-refractivity contribution in [1.29, 1.82) is 0 Å². The van der Waals surface area contributed by atoms with Crippen molar-refractivity contribution in [3.05, 3.63) is 16.6 Å². The van der Waals surface area contributed by atoms with Crippen LogP contribution in [0.5, 0.6) is 0 Å². The second-order valence-electron chi connectivity index (χ2n) is 5.46. The lowest BCUT2D eigenvalue weighted by atomic mass is 9.84. The molecule has 1 saturated carbocycles. The van der Waals surface area contributed by atoms with Crippen molar-refractivity contribution in [3.63, 3.8) is 0 Å². The highest BCUT2D eigenvalue weighted by Gasteiger charge is 2.31. The molecule has 1 fully saturated rings. The van der Waals surface area contributed by atoms with Gasteiger partial charge in [0, 0.05) is 30.1 Å². The van der Waals surface area contributed by atoms with Crippen LogP contribution < -0.4 is 10.6 Å². The average molecular weight is 311 g/mol. The van der Waals surface area contributed by atoms with Crippen molar-refractivity contribution in [2.45, 2.75) is 44.6 Å². The van der Waals surface area contributed by atoms with Gasteiger partial charge in [0.05, 0.1) is 10.9 Å². The summed E-state index contributed by atoms with van der Waals surface area (Å²) >= 11 is 1.56. The van der Waals surface area contributed by atoms with Gasteiger partial charge in [-0.2, -0.15) is 0 Å². The third kappa shape index (κ3) is 4.42. The Morgan fingerprint density at radius 2 is 2.24 bits per heavy atom. The average Bonchev–Trinajstić information content (AvgIpc) is 2.99. The van der Waals surface area contributed by atoms with Crippen LogP contribution in [0.3, 0.4) is 0 Å². The van der Waals surface area contributed by atoms with Gasteiger partial charge in [-0.05, 0) is 12.8 Å². The number of urea groups is 1. The first kappa shape index (κ1) is 15.8. The zero-order valence-electron chi connectivity index (χ0n) is 12.0. The number of nitrogens with one attached hydrogen (secondary N) is 2. The van der Waals surface area contributed by atoms with E-state index in [2.05, 4.69) is 15.6 Å². The van der Waals surface area contributed by atoms with Gasteiger partial charge in [0.1, 0.15) is 0 Å². The van der Waals surface area contributed by atoms with E-state index in [1.54, 1.807) is 17.5 Å². The molecule has 1 aromatic heterocycles. The lowest BCUT2D eigenvalue weighted by molar-refractivity contribution is -0.143. The molecular formula is C14H21N3O3S. The summed E-state index contributed by atoms with van der Waals surface area (Å²) in [5, 5.41) is 17.7. The van der Waals surface area contributed by atoms with Crippen LogP contribution in [0, 0.1) is 5.92 Å². The molecule has 116 valence electrons. The maximum Gasteiger partial charge on any atom is 0.315 e. The fraction of sp³-hybridized carbons (Fsp3) is 0.643. The van der Waals surface area contributed by atoms with Gasteiger partial charge >= 0.3 is 12.0 Å². The molecule has 7 heteroatoms. The van der Waals surface area contributed by atoms with Crippen LogP contribution in [0.25, 0.3) is 0 Å². The van der Waals surface area contributed by atoms with E-state index in [0.717, 1.165) is 24.3 Å². The molecule has 1 aliphatic carbocycles. The first-order chi connectivity index (χ1) is 10.1. The number of hydrogen-bond donors (Lipinski definition) is 3. The van der Waals surface area contributed by atoms with E-state index < -0.39 is 11.9 Å². The fourth-order valence-corrected chi connectivity index (χ4v) is 3.33. The fourth-order valence-electron chi connectivity index (χ4n) is 2.63. The highest BCUT2D eigenvalue weighted by atomic mass is 32.1. The Bertz CT molecular complexity index is 478. The molecule has 0 saturated heterocycles. The number of hydrogen-bond acceptors (Lipinski definition) is 4. The van der Waals surface area contributed by atoms with E-state index in [9.17, 15) is 14.7 Å². The minimum absolute atomic E-state index is 0.150. The number of carbonyl (C=O) groups excluding carboxylic acids is 1. The first-order valence-corrected chi connectivity index (χ1v) is 8.12. The predicted octanol–water partition coefficient (Wildman–Crippen LogP) is 2.19. The summed E-state index contributed by atoms with van der Waals surface area (Å²) in [7, 11) is 0. The number of carboxylic acids is 1. The zero-order valence-corrected chi connectivity index (χ0v) is 12.9.